The van der Waals surface area contributed by atoms with Gasteiger partial charge < -0.3 is 14.5 Å². The Morgan fingerprint density at radius 3 is 2.87 bits per heavy atom. The number of aromatic amines is 1. The lowest BCUT2D eigenvalue weighted by atomic mass is 9.97. The number of likely N-dealkylation sites (tertiary alicyclic amines) is 1. The maximum absolute atomic E-state index is 12.4. The van der Waals surface area contributed by atoms with Gasteiger partial charge in [-0.2, -0.15) is 0 Å². The minimum atomic E-state index is -0.144. The first-order valence-electron chi connectivity index (χ1n) is 10.6. The Balaban J connectivity index is 1.65. The molecule has 1 aliphatic heterocycles. The standard InChI is InChI=1S/C24H28N4O3/c1-30-16-17-8-9-22(31-2)19(12-17)15-28-11-4-3-7-21(28)20-13-23(29)27-24(26-20)18-6-5-10-25-14-18/h5-6,8-10,12-14,21H,3-4,7,11,15-16H2,1-2H3,(H,26,27,29). The molecule has 0 aliphatic carbocycles. The fraction of sp³-hybridized carbons (Fsp3) is 0.375. The van der Waals surface area contributed by atoms with Crippen LogP contribution in [0.5, 0.6) is 5.75 Å². The molecule has 2 aromatic heterocycles. The number of piperidine rings is 1. The minimum Gasteiger partial charge on any atom is -0.496 e. The normalized spacial score (nSPS) is 16.9. The zero-order valence-electron chi connectivity index (χ0n) is 18.0. The molecular formula is C24H28N4O3. The van der Waals surface area contributed by atoms with Crippen molar-refractivity contribution in [1.82, 2.24) is 19.9 Å². The summed E-state index contributed by atoms with van der Waals surface area (Å²) in [5.41, 5.74) is 3.68. The molecule has 1 aliphatic rings. The van der Waals surface area contributed by atoms with Gasteiger partial charge in [-0.3, -0.25) is 14.7 Å². The molecule has 1 unspecified atom stereocenters. The Morgan fingerprint density at radius 1 is 1.19 bits per heavy atom. The van der Waals surface area contributed by atoms with Crippen molar-refractivity contribution in [3.63, 3.8) is 0 Å². The number of nitrogens with zero attached hydrogens (tertiary/aromatic N) is 3. The summed E-state index contributed by atoms with van der Waals surface area (Å²) in [6.07, 6.45) is 6.61. The number of benzene rings is 1. The van der Waals surface area contributed by atoms with Gasteiger partial charge in [-0.25, -0.2) is 4.98 Å². The lowest BCUT2D eigenvalue weighted by molar-refractivity contribution is 0.135. The molecule has 7 heteroatoms. The highest BCUT2D eigenvalue weighted by atomic mass is 16.5. The summed E-state index contributed by atoms with van der Waals surface area (Å²) in [7, 11) is 3.39. The molecule has 0 radical (unpaired) electrons. The van der Waals surface area contributed by atoms with Crippen LogP contribution in [0.25, 0.3) is 11.4 Å². The van der Waals surface area contributed by atoms with Crippen LogP contribution < -0.4 is 10.3 Å². The van der Waals surface area contributed by atoms with Crippen LogP contribution in [-0.4, -0.2) is 40.6 Å². The predicted molar refractivity (Wildman–Crippen MR) is 119 cm³/mol. The number of aromatic nitrogens is 3. The Hall–Kier alpha value is -3.03. The van der Waals surface area contributed by atoms with E-state index in [-0.39, 0.29) is 11.6 Å². The fourth-order valence-electron chi connectivity index (χ4n) is 4.23. The van der Waals surface area contributed by atoms with Gasteiger partial charge in [0.15, 0.2) is 0 Å². The molecule has 1 aromatic carbocycles. The van der Waals surface area contributed by atoms with E-state index in [0.717, 1.165) is 60.5 Å². The molecule has 162 valence electrons. The van der Waals surface area contributed by atoms with Crippen LogP contribution in [0.2, 0.25) is 0 Å². The zero-order chi connectivity index (χ0) is 21.6. The smallest absolute Gasteiger partial charge is 0.251 e. The molecule has 7 nitrogen and oxygen atoms in total. The number of ether oxygens (including phenoxy) is 2. The van der Waals surface area contributed by atoms with Crippen LogP contribution in [0.1, 0.15) is 42.1 Å². The third kappa shape index (κ3) is 5.00. The molecule has 1 saturated heterocycles. The Kier molecular flexibility index (Phi) is 6.74. The second kappa shape index (κ2) is 9.85. The van der Waals surface area contributed by atoms with Gasteiger partial charge in [-0.05, 0) is 49.2 Å². The van der Waals surface area contributed by atoms with Crippen molar-refractivity contribution >= 4 is 0 Å². The summed E-state index contributed by atoms with van der Waals surface area (Å²) >= 11 is 0. The van der Waals surface area contributed by atoms with Crippen molar-refractivity contribution in [1.29, 1.82) is 0 Å². The summed E-state index contributed by atoms with van der Waals surface area (Å²) in [5.74, 6) is 1.42. The van der Waals surface area contributed by atoms with Crippen LogP contribution >= 0.6 is 0 Å². The van der Waals surface area contributed by atoms with E-state index >= 15 is 0 Å². The number of hydrogen-bond acceptors (Lipinski definition) is 6. The van der Waals surface area contributed by atoms with Gasteiger partial charge in [0.1, 0.15) is 11.6 Å². The summed E-state index contributed by atoms with van der Waals surface area (Å²) in [5, 5.41) is 0. The van der Waals surface area contributed by atoms with E-state index in [0.29, 0.717) is 12.4 Å². The number of H-pyrrole nitrogens is 1. The van der Waals surface area contributed by atoms with E-state index in [2.05, 4.69) is 20.9 Å². The van der Waals surface area contributed by atoms with Gasteiger partial charge in [-0.1, -0.05) is 12.5 Å². The largest absolute Gasteiger partial charge is 0.496 e. The number of rotatable bonds is 7. The van der Waals surface area contributed by atoms with Crippen molar-refractivity contribution < 1.29 is 9.47 Å². The monoisotopic (exact) mass is 420 g/mol. The van der Waals surface area contributed by atoms with E-state index in [9.17, 15) is 4.79 Å². The molecule has 31 heavy (non-hydrogen) atoms. The van der Waals surface area contributed by atoms with E-state index in [1.165, 1.54) is 0 Å². The molecule has 3 heterocycles. The van der Waals surface area contributed by atoms with Crippen molar-refractivity contribution in [3.05, 3.63) is 76.0 Å². The molecule has 0 bridgehead atoms. The van der Waals surface area contributed by atoms with Crippen molar-refractivity contribution in [2.75, 3.05) is 20.8 Å². The maximum Gasteiger partial charge on any atom is 0.251 e. The Labute approximate surface area is 182 Å². The van der Waals surface area contributed by atoms with Crippen molar-refractivity contribution in [2.45, 2.75) is 38.5 Å². The van der Waals surface area contributed by atoms with Crippen LogP contribution in [-0.2, 0) is 17.9 Å². The van der Waals surface area contributed by atoms with Crippen molar-refractivity contribution in [2.24, 2.45) is 0 Å². The van der Waals surface area contributed by atoms with Gasteiger partial charge in [0, 0.05) is 43.2 Å². The lowest BCUT2D eigenvalue weighted by Crippen LogP contribution is -2.34. The molecule has 0 spiro atoms. The average Bonchev–Trinajstić information content (AvgIpc) is 2.80. The fourth-order valence-corrected chi connectivity index (χ4v) is 4.23. The van der Waals surface area contributed by atoms with Gasteiger partial charge >= 0.3 is 0 Å². The van der Waals surface area contributed by atoms with Gasteiger partial charge in [0.25, 0.3) is 5.56 Å². The SMILES string of the molecule is COCc1ccc(OC)c(CN2CCCCC2c2cc(=O)[nH]c(-c3cccnc3)n2)c1. The minimum absolute atomic E-state index is 0.0715. The molecule has 4 rings (SSSR count). The van der Waals surface area contributed by atoms with Gasteiger partial charge in [-0.15, -0.1) is 0 Å². The van der Waals surface area contributed by atoms with Gasteiger partial charge in [0.2, 0.25) is 0 Å². The van der Waals surface area contributed by atoms with E-state index in [1.807, 2.05) is 24.3 Å². The molecule has 0 amide bonds. The number of nitrogens with one attached hydrogen (secondary N) is 1. The highest BCUT2D eigenvalue weighted by Gasteiger charge is 2.27. The molecule has 3 aromatic rings. The molecule has 0 saturated carbocycles. The quantitative estimate of drug-likeness (QED) is 0.628. The highest BCUT2D eigenvalue weighted by molar-refractivity contribution is 5.52. The molecule has 1 atom stereocenters. The third-order valence-electron chi connectivity index (χ3n) is 5.68. The van der Waals surface area contributed by atoms with Crippen LogP contribution in [0.15, 0.2) is 53.6 Å². The van der Waals surface area contributed by atoms with E-state index in [1.54, 1.807) is 32.7 Å². The first-order valence-corrected chi connectivity index (χ1v) is 10.6. The summed E-state index contributed by atoms with van der Waals surface area (Å²) in [4.78, 5) is 26.7. The maximum atomic E-state index is 12.4. The lowest BCUT2D eigenvalue weighted by Gasteiger charge is -2.35. The number of hydrogen-bond donors (Lipinski definition) is 1. The van der Waals surface area contributed by atoms with Crippen LogP contribution in [0, 0.1) is 0 Å². The Morgan fingerprint density at radius 2 is 2.10 bits per heavy atom. The predicted octanol–water partition coefficient (Wildman–Crippen LogP) is 3.71. The summed E-state index contributed by atoms with van der Waals surface area (Å²) in [6, 6.07) is 11.6. The topological polar surface area (TPSA) is 80.3 Å². The van der Waals surface area contributed by atoms with E-state index < -0.39 is 0 Å². The second-order valence-corrected chi connectivity index (χ2v) is 7.82. The van der Waals surface area contributed by atoms with Crippen LogP contribution in [0.4, 0.5) is 0 Å². The first kappa shape index (κ1) is 21.2. The second-order valence-electron chi connectivity index (χ2n) is 7.82. The molecule has 1 N–H and O–H groups in total. The van der Waals surface area contributed by atoms with Gasteiger partial charge in [0.05, 0.1) is 25.5 Å². The first-order chi connectivity index (χ1) is 15.2. The summed E-state index contributed by atoms with van der Waals surface area (Å²) < 4.78 is 10.9. The number of methoxy groups -OCH3 is 2. The molecular weight excluding hydrogens is 392 g/mol. The summed E-state index contributed by atoms with van der Waals surface area (Å²) in [6.45, 7) is 2.23. The highest BCUT2D eigenvalue weighted by Crippen LogP contribution is 2.33. The average molecular weight is 421 g/mol. The number of pyridine rings is 1. The van der Waals surface area contributed by atoms with Crippen molar-refractivity contribution in [3.8, 4) is 17.1 Å². The van der Waals surface area contributed by atoms with Crippen LogP contribution in [0.3, 0.4) is 0 Å². The van der Waals surface area contributed by atoms with E-state index in [4.69, 9.17) is 14.5 Å². The third-order valence-corrected chi connectivity index (χ3v) is 5.68. The zero-order valence-corrected chi connectivity index (χ0v) is 18.0. The Bertz CT molecular complexity index is 1070. The molecule has 1 fully saturated rings.